The van der Waals surface area contributed by atoms with Gasteiger partial charge in [0, 0.05) is 0 Å². The summed E-state index contributed by atoms with van der Waals surface area (Å²) >= 11 is 0. The molecule has 2 nitrogen and oxygen atoms in total. The SMILES string of the molecule is COc1ccc2c(c1)[C@@]1(C)CCC[C@](C)(O)C1CC2. The fourth-order valence-corrected chi connectivity index (χ4v) is 4.53. The molecule has 1 saturated carbocycles. The van der Waals surface area contributed by atoms with Gasteiger partial charge >= 0.3 is 0 Å². The smallest absolute Gasteiger partial charge is 0.119 e. The minimum Gasteiger partial charge on any atom is -0.497 e. The van der Waals surface area contributed by atoms with Crippen LogP contribution >= 0.6 is 0 Å². The van der Waals surface area contributed by atoms with Crippen LogP contribution in [0.3, 0.4) is 0 Å². The van der Waals surface area contributed by atoms with Crippen molar-refractivity contribution in [3.63, 3.8) is 0 Å². The first-order chi connectivity index (χ1) is 8.97. The number of aryl methyl sites for hydroxylation is 1. The van der Waals surface area contributed by atoms with Gasteiger partial charge in [0.15, 0.2) is 0 Å². The summed E-state index contributed by atoms with van der Waals surface area (Å²) in [6.07, 6.45) is 5.40. The molecule has 0 amide bonds. The molecule has 19 heavy (non-hydrogen) atoms. The van der Waals surface area contributed by atoms with E-state index in [2.05, 4.69) is 25.1 Å². The van der Waals surface area contributed by atoms with Crippen molar-refractivity contribution >= 4 is 0 Å². The summed E-state index contributed by atoms with van der Waals surface area (Å²) in [4.78, 5) is 0. The van der Waals surface area contributed by atoms with Crippen molar-refractivity contribution in [3.05, 3.63) is 29.3 Å². The number of ether oxygens (including phenoxy) is 1. The van der Waals surface area contributed by atoms with E-state index in [1.807, 2.05) is 6.92 Å². The third-order valence-corrected chi connectivity index (χ3v) is 5.53. The molecule has 0 bridgehead atoms. The Morgan fingerprint density at radius 2 is 2.05 bits per heavy atom. The number of aliphatic hydroxyl groups is 1. The van der Waals surface area contributed by atoms with Gasteiger partial charge in [-0.05, 0) is 73.6 Å². The minimum atomic E-state index is -0.520. The molecule has 104 valence electrons. The Balaban J connectivity index is 2.11. The fourth-order valence-electron chi connectivity index (χ4n) is 4.53. The number of methoxy groups -OCH3 is 1. The molecule has 1 aromatic rings. The molecule has 3 rings (SSSR count). The van der Waals surface area contributed by atoms with Crippen LogP contribution in [0.15, 0.2) is 18.2 Å². The van der Waals surface area contributed by atoms with Crippen molar-refractivity contribution in [2.45, 2.75) is 57.0 Å². The average Bonchev–Trinajstić information content (AvgIpc) is 2.37. The van der Waals surface area contributed by atoms with Crippen LogP contribution in [0.25, 0.3) is 0 Å². The van der Waals surface area contributed by atoms with Gasteiger partial charge in [-0.3, -0.25) is 0 Å². The van der Waals surface area contributed by atoms with Crippen LogP contribution in [0.5, 0.6) is 5.75 Å². The van der Waals surface area contributed by atoms with Crippen LogP contribution in [-0.4, -0.2) is 17.8 Å². The third kappa shape index (κ3) is 1.88. The largest absolute Gasteiger partial charge is 0.497 e. The maximum Gasteiger partial charge on any atom is 0.119 e. The van der Waals surface area contributed by atoms with Gasteiger partial charge in [-0.2, -0.15) is 0 Å². The summed E-state index contributed by atoms with van der Waals surface area (Å²) in [6, 6.07) is 6.46. The van der Waals surface area contributed by atoms with E-state index in [4.69, 9.17) is 4.74 Å². The van der Waals surface area contributed by atoms with E-state index in [0.717, 1.165) is 31.4 Å². The Labute approximate surface area is 115 Å². The minimum absolute atomic E-state index is 0.101. The molecule has 2 aliphatic carbocycles. The Kier molecular flexibility index (Phi) is 2.90. The van der Waals surface area contributed by atoms with E-state index in [0.29, 0.717) is 5.92 Å². The first-order valence-corrected chi connectivity index (χ1v) is 7.37. The first kappa shape index (κ1) is 13.0. The second kappa shape index (κ2) is 4.24. The summed E-state index contributed by atoms with van der Waals surface area (Å²) in [7, 11) is 1.72. The Morgan fingerprint density at radius 3 is 2.79 bits per heavy atom. The molecule has 0 aromatic heterocycles. The number of rotatable bonds is 1. The molecule has 0 heterocycles. The lowest BCUT2D eigenvalue weighted by molar-refractivity contribution is -0.0749. The maximum atomic E-state index is 10.8. The van der Waals surface area contributed by atoms with Crippen molar-refractivity contribution in [2.75, 3.05) is 7.11 Å². The quantitative estimate of drug-likeness (QED) is 0.838. The summed E-state index contributed by atoms with van der Waals surface area (Å²) < 4.78 is 5.39. The Bertz CT molecular complexity index is 492. The second-order valence-electron chi connectivity index (χ2n) is 6.74. The first-order valence-electron chi connectivity index (χ1n) is 7.37. The Hall–Kier alpha value is -1.02. The van der Waals surface area contributed by atoms with E-state index in [1.165, 1.54) is 17.5 Å². The van der Waals surface area contributed by atoms with Gasteiger partial charge in [0.05, 0.1) is 12.7 Å². The molecule has 0 radical (unpaired) electrons. The predicted octanol–water partition coefficient (Wildman–Crippen LogP) is 3.45. The number of hydrogen-bond acceptors (Lipinski definition) is 2. The van der Waals surface area contributed by atoms with Crippen LogP contribution in [0, 0.1) is 5.92 Å². The van der Waals surface area contributed by atoms with E-state index in [-0.39, 0.29) is 5.41 Å². The normalized spacial score (nSPS) is 37.4. The molecule has 1 N–H and O–H groups in total. The van der Waals surface area contributed by atoms with Gasteiger partial charge in [-0.1, -0.05) is 13.0 Å². The molecule has 2 heteroatoms. The summed E-state index contributed by atoms with van der Waals surface area (Å²) in [6.45, 7) is 4.36. The number of hydrogen-bond donors (Lipinski definition) is 1. The highest BCUT2D eigenvalue weighted by atomic mass is 16.5. The van der Waals surface area contributed by atoms with Crippen molar-refractivity contribution in [2.24, 2.45) is 5.92 Å². The zero-order valence-corrected chi connectivity index (χ0v) is 12.2. The molecule has 3 atom stereocenters. The highest BCUT2D eigenvalue weighted by Gasteiger charge is 2.51. The summed E-state index contributed by atoms with van der Waals surface area (Å²) in [5, 5.41) is 10.8. The summed E-state index contributed by atoms with van der Waals surface area (Å²) in [5.74, 6) is 1.30. The highest BCUT2D eigenvalue weighted by molar-refractivity contribution is 5.43. The molecule has 1 fully saturated rings. The monoisotopic (exact) mass is 260 g/mol. The van der Waals surface area contributed by atoms with Crippen LogP contribution in [0.4, 0.5) is 0 Å². The second-order valence-corrected chi connectivity index (χ2v) is 6.74. The molecule has 1 unspecified atom stereocenters. The van der Waals surface area contributed by atoms with E-state index < -0.39 is 5.60 Å². The Morgan fingerprint density at radius 1 is 1.26 bits per heavy atom. The van der Waals surface area contributed by atoms with E-state index in [1.54, 1.807) is 7.11 Å². The van der Waals surface area contributed by atoms with Crippen molar-refractivity contribution in [3.8, 4) is 5.75 Å². The van der Waals surface area contributed by atoms with Crippen molar-refractivity contribution in [1.29, 1.82) is 0 Å². The van der Waals surface area contributed by atoms with Crippen molar-refractivity contribution in [1.82, 2.24) is 0 Å². The maximum absolute atomic E-state index is 10.8. The lowest BCUT2D eigenvalue weighted by Gasteiger charge is -2.53. The topological polar surface area (TPSA) is 29.5 Å². The predicted molar refractivity (Wildman–Crippen MR) is 76.6 cm³/mol. The number of fused-ring (bicyclic) bond motifs is 3. The third-order valence-electron chi connectivity index (χ3n) is 5.53. The zero-order chi connectivity index (χ0) is 13.7. The van der Waals surface area contributed by atoms with Crippen LogP contribution in [0.1, 0.15) is 50.7 Å². The average molecular weight is 260 g/mol. The molecule has 0 saturated heterocycles. The van der Waals surface area contributed by atoms with Crippen LogP contribution in [0.2, 0.25) is 0 Å². The highest BCUT2D eigenvalue weighted by Crippen LogP contribution is 2.54. The molecule has 0 aliphatic heterocycles. The lowest BCUT2D eigenvalue weighted by Crippen LogP contribution is -2.52. The summed E-state index contributed by atoms with van der Waals surface area (Å²) in [5.41, 5.74) is 2.43. The van der Waals surface area contributed by atoms with Gasteiger partial charge in [0.2, 0.25) is 0 Å². The van der Waals surface area contributed by atoms with E-state index >= 15 is 0 Å². The molecular weight excluding hydrogens is 236 g/mol. The van der Waals surface area contributed by atoms with Gasteiger partial charge in [0.1, 0.15) is 5.75 Å². The van der Waals surface area contributed by atoms with Gasteiger partial charge in [0.25, 0.3) is 0 Å². The van der Waals surface area contributed by atoms with Crippen molar-refractivity contribution < 1.29 is 9.84 Å². The van der Waals surface area contributed by atoms with E-state index in [9.17, 15) is 5.11 Å². The zero-order valence-electron chi connectivity index (χ0n) is 12.2. The molecular formula is C17H24O2. The van der Waals surface area contributed by atoms with Crippen LogP contribution in [-0.2, 0) is 11.8 Å². The van der Waals surface area contributed by atoms with Gasteiger partial charge in [-0.25, -0.2) is 0 Å². The molecule has 1 aromatic carbocycles. The molecule has 0 spiro atoms. The van der Waals surface area contributed by atoms with Gasteiger partial charge in [-0.15, -0.1) is 0 Å². The number of benzene rings is 1. The lowest BCUT2D eigenvalue weighted by atomic mass is 9.53. The van der Waals surface area contributed by atoms with Gasteiger partial charge < -0.3 is 9.84 Å². The standard InChI is InChI=1S/C17H24O2/c1-16-9-4-10-17(2,18)15(16)8-6-12-5-7-13(19-3)11-14(12)16/h5,7,11,15,18H,4,6,8-10H2,1-3H3/t15?,16-,17+/m1/s1. The molecule has 2 aliphatic rings. The van der Waals surface area contributed by atoms with Crippen LogP contribution < -0.4 is 4.74 Å². The fraction of sp³-hybridized carbons (Fsp3) is 0.647.